The molecule has 148 valence electrons. The Balaban J connectivity index is 1.66. The van der Waals surface area contributed by atoms with Crippen LogP contribution >= 0.6 is 0 Å². The third kappa shape index (κ3) is 3.73. The maximum absolute atomic E-state index is 12.6. The Morgan fingerprint density at radius 1 is 1.29 bits per heavy atom. The molecule has 28 heavy (non-hydrogen) atoms. The zero-order chi connectivity index (χ0) is 20.4. The fraction of sp³-hybridized carbons (Fsp3) is 0.421. The van der Waals surface area contributed by atoms with Crippen LogP contribution in [0, 0.1) is 20.8 Å². The Hall–Kier alpha value is -3.23. The fourth-order valence-corrected chi connectivity index (χ4v) is 3.20. The number of amides is 1. The summed E-state index contributed by atoms with van der Waals surface area (Å²) < 4.78 is 12.0. The van der Waals surface area contributed by atoms with Gasteiger partial charge in [-0.15, -0.1) is 0 Å². The molecule has 0 bridgehead atoms. The molecule has 0 radical (unpaired) electrons. The lowest BCUT2D eigenvalue weighted by atomic mass is 10.1. The van der Waals surface area contributed by atoms with Gasteiger partial charge in [0.15, 0.2) is 0 Å². The smallest absolute Gasteiger partial charge is 0.341 e. The number of nitrogens with zero attached hydrogens (tertiary/aromatic N) is 5. The standard InChI is InChI=1S/C19H23N5O4/c1-11-15(12(2)24-19(22-11)20-10-21-24)6-7-17(25)23(4)9-14-8-16(13(3)28-14)18(26)27-5/h8,10H,6-7,9H2,1-5H3. The van der Waals surface area contributed by atoms with Crippen molar-refractivity contribution in [3.05, 3.63) is 46.4 Å². The van der Waals surface area contributed by atoms with Crippen molar-refractivity contribution in [3.8, 4) is 0 Å². The second-order valence-corrected chi connectivity index (χ2v) is 6.66. The highest BCUT2D eigenvalue weighted by Gasteiger charge is 2.19. The van der Waals surface area contributed by atoms with Crippen LogP contribution in [0.4, 0.5) is 0 Å². The van der Waals surface area contributed by atoms with Crippen molar-refractivity contribution in [3.63, 3.8) is 0 Å². The van der Waals surface area contributed by atoms with Crippen molar-refractivity contribution in [2.45, 2.75) is 40.2 Å². The Morgan fingerprint density at radius 2 is 2.04 bits per heavy atom. The molecule has 3 heterocycles. The van der Waals surface area contributed by atoms with Crippen molar-refractivity contribution in [2.75, 3.05) is 14.2 Å². The van der Waals surface area contributed by atoms with Gasteiger partial charge in [0.2, 0.25) is 5.91 Å². The third-order valence-electron chi connectivity index (χ3n) is 4.77. The largest absolute Gasteiger partial charge is 0.465 e. The molecular weight excluding hydrogens is 362 g/mol. The first kappa shape index (κ1) is 19.5. The molecule has 0 aliphatic heterocycles. The van der Waals surface area contributed by atoms with Crippen molar-refractivity contribution >= 4 is 17.7 Å². The van der Waals surface area contributed by atoms with Gasteiger partial charge in [0.25, 0.3) is 5.78 Å². The van der Waals surface area contributed by atoms with Gasteiger partial charge < -0.3 is 14.1 Å². The van der Waals surface area contributed by atoms with Crippen molar-refractivity contribution in [2.24, 2.45) is 0 Å². The van der Waals surface area contributed by atoms with E-state index in [-0.39, 0.29) is 12.5 Å². The highest BCUT2D eigenvalue weighted by atomic mass is 16.5. The summed E-state index contributed by atoms with van der Waals surface area (Å²) >= 11 is 0. The van der Waals surface area contributed by atoms with E-state index < -0.39 is 5.97 Å². The minimum Gasteiger partial charge on any atom is -0.465 e. The molecule has 0 aliphatic rings. The molecule has 0 N–H and O–H groups in total. The van der Waals surface area contributed by atoms with Gasteiger partial charge >= 0.3 is 5.97 Å². The SMILES string of the molecule is COC(=O)c1cc(CN(C)C(=O)CCc2c(C)nc3ncnn3c2C)oc1C. The van der Waals surface area contributed by atoms with Crippen LogP contribution in [0.15, 0.2) is 16.8 Å². The normalized spacial score (nSPS) is 11.0. The topological polar surface area (TPSA) is 103 Å². The van der Waals surface area contributed by atoms with Crippen molar-refractivity contribution in [1.29, 1.82) is 0 Å². The maximum Gasteiger partial charge on any atom is 0.341 e. The first-order valence-electron chi connectivity index (χ1n) is 8.89. The van der Waals surface area contributed by atoms with Gasteiger partial charge in [-0.1, -0.05) is 0 Å². The molecule has 0 aliphatic carbocycles. The third-order valence-corrected chi connectivity index (χ3v) is 4.77. The quantitative estimate of drug-likeness (QED) is 0.598. The Labute approximate surface area is 162 Å². The summed E-state index contributed by atoms with van der Waals surface area (Å²) in [5.74, 6) is 1.07. The summed E-state index contributed by atoms with van der Waals surface area (Å²) in [7, 11) is 3.02. The van der Waals surface area contributed by atoms with Gasteiger partial charge in [0.05, 0.1) is 13.7 Å². The maximum atomic E-state index is 12.6. The van der Waals surface area contributed by atoms with Crippen molar-refractivity contribution in [1.82, 2.24) is 24.5 Å². The van der Waals surface area contributed by atoms with Gasteiger partial charge in [-0.3, -0.25) is 4.79 Å². The predicted octanol–water partition coefficient (Wildman–Crippen LogP) is 2.02. The van der Waals surface area contributed by atoms with Crippen LogP contribution in [0.2, 0.25) is 0 Å². The number of furan rings is 1. The zero-order valence-corrected chi connectivity index (χ0v) is 16.6. The number of fused-ring (bicyclic) bond motifs is 1. The number of aromatic nitrogens is 4. The molecule has 9 nitrogen and oxygen atoms in total. The molecule has 3 aromatic rings. The summed E-state index contributed by atoms with van der Waals surface area (Å²) in [6.07, 6.45) is 2.34. The Morgan fingerprint density at radius 3 is 2.75 bits per heavy atom. The average molecular weight is 385 g/mol. The minimum absolute atomic E-state index is 0.0360. The number of methoxy groups -OCH3 is 1. The summed E-state index contributed by atoms with van der Waals surface area (Å²) in [6, 6.07) is 1.61. The summed E-state index contributed by atoms with van der Waals surface area (Å²) in [5.41, 5.74) is 3.14. The molecule has 0 fully saturated rings. The molecule has 9 heteroatoms. The summed E-state index contributed by atoms with van der Waals surface area (Å²) in [6.45, 7) is 5.82. The summed E-state index contributed by atoms with van der Waals surface area (Å²) in [5, 5.41) is 4.17. The van der Waals surface area contributed by atoms with E-state index in [1.807, 2.05) is 13.8 Å². The molecule has 0 aromatic carbocycles. The number of hydrogen-bond donors (Lipinski definition) is 0. The molecule has 3 aromatic heterocycles. The lowest BCUT2D eigenvalue weighted by Crippen LogP contribution is -2.26. The first-order valence-corrected chi connectivity index (χ1v) is 8.89. The molecular formula is C19H23N5O4. The lowest BCUT2D eigenvalue weighted by molar-refractivity contribution is -0.130. The van der Waals surface area contributed by atoms with Crippen LogP contribution in [0.1, 0.15) is 45.3 Å². The highest BCUT2D eigenvalue weighted by molar-refractivity contribution is 5.90. The van der Waals surface area contributed by atoms with Crippen LogP contribution < -0.4 is 0 Å². The van der Waals surface area contributed by atoms with Crippen molar-refractivity contribution < 1.29 is 18.7 Å². The van der Waals surface area contributed by atoms with E-state index in [0.717, 1.165) is 17.0 Å². The summed E-state index contributed by atoms with van der Waals surface area (Å²) in [4.78, 5) is 34.4. The lowest BCUT2D eigenvalue weighted by Gasteiger charge is -2.16. The first-order chi connectivity index (χ1) is 13.3. The van der Waals surface area contributed by atoms with Crippen LogP contribution in [-0.2, 0) is 22.5 Å². The molecule has 0 atom stereocenters. The number of hydrogen-bond acceptors (Lipinski definition) is 7. The van der Waals surface area contributed by atoms with E-state index in [0.29, 0.717) is 35.7 Å². The van der Waals surface area contributed by atoms with Gasteiger partial charge in [0.1, 0.15) is 23.4 Å². The zero-order valence-electron chi connectivity index (χ0n) is 16.6. The van der Waals surface area contributed by atoms with Gasteiger partial charge in [0, 0.05) is 24.9 Å². The number of ether oxygens (including phenoxy) is 1. The van der Waals surface area contributed by atoms with Gasteiger partial charge in [-0.05, 0) is 38.8 Å². The number of rotatable bonds is 6. The van der Waals surface area contributed by atoms with E-state index >= 15 is 0 Å². The molecule has 0 unspecified atom stereocenters. The van der Waals surface area contributed by atoms with E-state index in [2.05, 4.69) is 15.1 Å². The van der Waals surface area contributed by atoms with E-state index in [4.69, 9.17) is 9.15 Å². The van der Waals surface area contributed by atoms with Gasteiger partial charge in [-0.2, -0.15) is 10.1 Å². The number of esters is 1. The van der Waals surface area contributed by atoms with E-state index in [1.54, 1.807) is 29.5 Å². The van der Waals surface area contributed by atoms with Crippen LogP contribution in [0.3, 0.4) is 0 Å². The van der Waals surface area contributed by atoms with Gasteiger partial charge in [-0.25, -0.2) is 14.3 Å². The van der Waals surface area contributed by atoms with E-state index in [9.17, 15) is 9.59 Å². The second-order valence-electron chi connectivity index (χ2n) is 6.66. The fourth-order valence-electron chi connectivity index (χ4n) is 3.20. The monoisotopic (exact) mass is 385 g/mol. The second kappa shape index (κ2) is 7.79. The molecule has 3 rings (SSSR count). The molecule has 1 amide bonds. The molecule has 0 saturated heterocycles. The average Bonchev–Trinajstić information content (AvgIpc) is 3.26. The van der Waals surface area contributed by atoms with Crippen LogP contribution in [-0.4, -0.2) is 50.5 Å². The Kier molecular flexibility index (Phi) is 5.43. The number of aryl methyl sites for hydroxylation is 3. The minimum atomic E-state index is -0.455. The highest BCUT2D eigenvalue weighted by Crippen LogP contribution is 2.18. The van der Waals surface area contributed by atoms with E-state index in [1.165, 1.54) is 13.4 Å². The molecule has 0 spiro atoms. The number of carbonyl (C=O) groups is 2. The molecule has 0 saturated carbocycles. The van der Waals surface area contributed by atoms with Crippen LogP contribution in [0.5, 0.6) is 0 Å². The van der Waals surface area contributed by atoms with Crippen LogP contribution in [0.25, 0.3) is 5.78 Å². The Bertz CT molecular complexity index is 1040. The number of carbonyl (C=O) groups excluding carboxylic acids is 2. The predicted molar refractivity (Wildman–Crippen MR) is 99.8 cm³/mol.